The number of hydrogen-bond acceptors (Lipinski definition) is 6. The van der Waals surface area contributed by atoms with Crippen molar-refractivity contribution in [2.45, 2.75) is 31.9 Å². The molecule has 1 aliphatic rings. The first-order valence-corrected chi connectivity index (χ1v) is 9.88. The van der Waals surface area contributed by atoms with E-state index in [2.05, 4.69) is 15.7 Å². The predicted octanol–water partition coefficient (Wildman–Crippen LogP) is 1.56. The minimum Gasteiger partial charge on any atom is -0.487 e. The van der Waals surface area contributed by atoms with Gasteiger partial charge < -0.3 is 24.9 Å². The van der Waals surface area contributed by atoms with E-state index >= 15 is 0 Å². The third-order valence-corrected chi connectivity index (χ3v) is 5.57. The van der Waals surface area contributed by atoms with Crippen LogP contribution >= 0.6 is 0 Å². The van der Waals surface area contributed by atoms with Crippen LogP contribution in [0, 0.1) is 12.7 Å². The number of benzene rings is 1. The lowest BCUT2D eigenvalue weighted by Crippen LogP contribution is -2.63. The molecular weight excluding hydrogens is 407 g/mol. The summed E-state index contributed by atoms with van der Waals surface area (Å²) in [7, 11) is 1.62. The van der Waals surface area contributed by atoms with Crippen LogP contribution in [0.4, 0.5) is 4.39 Å². The lowest BCUT2D eigenvalue weighted by molar-refractivity contribution is -0.131. The molecule has 31 heavy (non-hydrogen) atoms. The zero-order chi connectivity index (χ0) is 22.2. The highest BCUT2D eigenvalue weighted by Crippen LogP contribution is 2.30. The number of amides is 2. The van der Waals surface area contributed by atoms with Gasteiger partial charge in [-0.1, -0.05) is 0 Å². The topological polar surface area (TPSA) is 119 Å². The van der Waals surface area contributed by atoms with Gasteiger partial charge in [-0.15, -0.1) is 0 Å². The second kappa shape index (κ2) is 8.03. The summed E-state index contributed by atoms with van der Waals surface area (Å²) in [6.07, 6.45) is 2.09. The number of aromatic nitrogens is 2. The van der Waals surface area contributed by atoms with Gasteiger partial charge in [0.1, 0.15) is 34.9 Å². The molecular formula is C21H23FN4O5. The number of carbonyl (C=O) groups is 2. The first kappa shape index (κ1) is 20.9. The average molecular weight is 430 g/mol. The highest BCUT2D eigenvalue weighted by molar-refractivity contribution is 6.09. The van der Waals surface area contributed by atoms with Crippen LogP contribution in [0.25, 0.3) is 11.0 Å². The Morgan fingerprint density at radius 1 is 1.48 bits per heavy atom. The SMILES string of the molecule is Cc1oc2ccc(OCc3c(F)cnn3C)cc2c1C(=O)NC1(CO)CCCNC1=O. The first-order chi connectivity index (χ1) is 14.8. The molecule has 1 atom stereocenters. The van der Waals surface area contributed by atoms with Crippen LogP contribution in [-0.4, -0.2) is 45.4 Å². The van der Waals surface area contributed by atoms with Crippen LogP contribution in [-0.2, 0) is 18.4 Å². The van der Waals surface area contributed by atoms with Crippen LogP contribution in [0.1, 0.15) is 34.7 Å². The molecule has 3 aromatic rings. The number of hydrogen-bond donors (Lipinski definition) is 3. The molecule has 9 nitrogen and oxygen atoms in total. The van der Waals surface area contributed by atoms with E-state index in [-0.39, 0.29) is 17.9 Å². The van der Waals surface area contributed by atoms with Crippen LogP contribution < -0.4 is 15.4 Å². The lowest BCUT2D eigenvalue weighted by atomic mass is 9.89. The second-order valence-electron chi connectivity index (χ2n) is 7.60. The molecule has 0 radical (unpaired) electrons. The monoisotopic (exact) mass is 430 g/mol. The highest BCUT2D eigenvalue weighted by Gasteiger charge is 2.42. The summed E-state index contributed by atoms with van der Waals surface area (Å²) >= 11 is 0. The number of fused-ring (bicyclic) bond motifs is 1. The van der Waals surface area contributed by atoms with Gasteiger partial charge in [-0.3, -0.25) is 14.3 Å². The van der Waals surface area contributed by atoms with Gasteiger partial charge in [-0.25, -0.2) is 4.39 Å². The number of aliphatic hydroxyl groups is 1. The molecule has 1 saturated heterocycles. The van der Waals surface area contributed by atoms with Crippen molar-refractivity contribution in [3.05, 3.63) is 47.2 Å². The molecule has 0 spiro atoms. The van der Waals surface area contributed by atoms with Crippen LogP contribution in [0.2, 0.25) is 0 Å². The highest BCUT2D eigenvalue weighted by atomic mass is 19.1. The zero-order valence-electron chi connectivity index (χ0n) is 17.2. The van der Waals surface area contributed by atoms with Crippen molar-refractivity contribution in [3.63, 3.8) is 0 Å². The number of furan rings is 1. The summed E-state index contributed by atoms with van der Waals surface area (Å²) < 4.78 is 26.6. The molecule has 1 aromatic carbocycles. The van der Waals surface area contributed by atoms with Crippen molar-refractivity contribution in [1.29, 1.82) is 0 Å². The number of nitrogens with one attached hydrogen (secondary N) is 2. The van der Waals surface area contributed by atoms with Crippen molar-refractivity contribution in [1.82, 2.24) is 20.4 Å². The molecule has 0 aliphatic carbocycles. The van der Waals surface area contributed by atoms with Gasteiger partial charge in [0.15, 0.2) is 5.82 Å². The van der Waals surface area contributed by atoms with Gasteiger partial charge in [0.2, 0.25) is 5.91 Å². The van der Waals surface area contributed by atoms with Gasteiger partial charge >= 0.3 is 0 Å². The Kier molecular flexibility index (Phi) is 5.40. The van der Waals surface area contributed by atoms with Gasteiger partial charge in [0, 0.05) is 19.0 Å². The Morgan fingerprint density at radius 2 is 2.29 bits per heavy atom. The van der Waals surface area contributed by atoms with E-state index < -0.39 is 29.8 Å². The Labute approximate surface area is 177 Å². The summed E-state index contributed by atoms with van der Waals surface area (Å²) in [5, 5.41) is 19.5. The van der Waals surface area contributed by atoms with E-state index in [1.807, 2.05) is 0 Å². The maximum atomic E-state index is 13.8. The van der Waals surface area contributed by atoms with Crippen molar-refractivity contribution in [3.8, 4) is 5.75 Å². The number of halogens is 1. The van der Waals surface area contributed by atoms with Crippen molar-refractivity contribution in [2.24, 2.45) is 7.05 Å². The lowest BCUT2D eigenvalue weighted by Gasteiger charge is -2.35. The molecule has 4 rings (SSSR count). The zero-order valence-corrected chi connectivity index (χ0v) is 17.2. The number of carbonyl (C=O) groups excluding carboxylic acids is 2. The molecule has 3 N–H and O–H groups in total. The number of piperidine rings is 1. The summed E-state index contributed by atoms with van der Waals surface area (Å²) in [5.74, 6) is -0.635. The fourth-order valence-corrected chi connectivity index (χ4v) is 3.79. The van der Waals surface area contributed by atoms with E-state index in [1.54, 1.807) is 32.2 Å². The Bertz CT molecular complexity index is 1130. The molecule has 1 aliphatic heterocycles. The predicted molar refractivity (Wildman–Crippen MR) is 108 cm³/mol. The molecule has 1 fully saturated rings. The molecule has 1 unspecified atom stereocenters. The third kappa shape index (κ3) is 3.74. The number of aliphatic hydroxyl groups excluding tert-OH is 1. The van der Waals surface area contributed by atoms with Gasteiger partial charge in [0.25, 0.3) is 5.91 Å². The average Bonchev–Trinajstić information content (AvgIpc) is 3.25. The maximum Gasteiger partial charge on any atom is 0.256 e. The number of ether oxygens (including phenoxy) is 1. The van der Waals surface area contributed by atoms with E-state index in [1.165, 1.54) is 4.68 Å². The van der Waals surface area contributed by atoms with E-state index in [9.17, 15) is 19.1 Å². The Balaban J connectivity index is 1.61. The fraction of sp³-hybridized carbons (Fsp3) is 0.381. The Morgan fingerprint density at radius 3 is 2.97 bits per heavy atom. The van der Waals surface area contributed by atoms with Crippen LogP contribution in [0.15, 0.2) is 28.8 Å². The maximum absolute atomic E-state index is 13.8. The van der Waals surface area contributed by atoms with Gasteiger partial charge in [0.05, 0.1) is 18.4 Å². The van der Waals surface area contributed by atoms with Crippen molar-refractivity contribution >= 4 is 22.8 Å². The summed E-state index contributed by atoms with van der Waals surface area (Å²) in [6, 6.07) is 4.94. The summed E-state index contributed by atoms with van der Waals surface area (Å²) in [4.78, 5) is 25.4. The fourth-order valence-electron chi connectivity index (χ4n) is 3.79. The van der Waals surface area contributed by atoms with Gasteiger partial charge in [-0.2, -0.15) is 5.10 Å². The minimum absolute atomic E-state index is 0.0417. The van der Waals surface area contributed by atoms with Crippen molar-refractivity contribution in [2.75, 3.05) is 13.2 Å². The number of aryl methyl sites for hydroxylation is 2. The third-order valence-electron chi connectivity index (χ3n) is 5.57. The molecule has 0 saturated carbocycles. The van der Waals surface area contributed by atoms with Crippen molar-refractivity contribution < 1.29 is 28.2 Å². The van der Waals surface area contributed by atoms with Crippen LogP contribution in [0.3, 0.4) is 0 Å². The standard InChI is InChI=1S/C21H23FN4O5/c1-12-18(19(28)25-21(11-27)6-3-7-23-20(21)29)14-8-13(4-5-17(14)31-12)30-10-16-15(22)9-24-26(16)2/h4-5,8-9,27H,3,6-7,10-11H2,1-2H3,(H,23,29)(H,25,28). The van der Waals surface area contributed by atoms with E-state index in [0.29, 0.717) is 41.9 Å². The summed E-state index contributed by atoms with van der Waals surface area (Å²) in [5.41, 5.74) is -0.378. The van der Waals surface area contributed by atoms with E-state index in [4.69, 9.17) is 9.15 Å². The minimum atomic E-state index is -1.38. The normalized spacial score (nSPS) is 18.8. The quantitative estimate of drug-likeness (QED) is 0.546. The molecule has 164 valence electrons. The summed E-state index contributed by atoms with van der Waals surface area (Å²) in [6.45, 7) is 1.60. The number of nitrogens with zero attached hydrogens (tertiary/aromatic N) is 2. The molecule has 2 aromatic heterocycles. The Hall–Kier alpha value is -3.40. The first-order valence-electron chi connectivity index (χ1n) is 9.88. The van der Waals surface area contributed by atoms with Gasteiger partial charge in [-0.05, 0) is 38.0 Å². The molecule has 3 heterocycles. The largest absolute Gasteiger partial charge is 0.487 e. The smallest absolute Gasteiger partial charge is 0.256 e. The van der Waals surface area contributed by atoms with E-state index in [0.717, 1.165) is 6.20 Å². The molecule has 0 bridgehead atoms. The van der Waals surface area contributed by atoms with Crippen LogP contribution in [0.5, 0.6) is 5.75 Å². The second-order valence-corrected chi connectivity index (χ2v) is 7.60. The molecule has 10 heteroatoms. The molecule has 2 amide bonds. The number of rotatable bonds is 6.